The minimum absolute atomic E-state index is 0.191. The predicted molar refractivity (Wildman–Crippen MR) is 83.6 cm³/mol. The third kappa shape index (κ3) is 3.84. The van der Waals surface area contributed by atoms with Gasteiger partial charge in [-0.1, -0.05) is 12.1 Å². The van der Waals surface area contributed by atoms with Gasteiger partial charge in [0.25, 0.3) is 5.91 Å². The molecule has 0 saturated carbocycles. The molecule has 2 N–H and O–H groups in total. The highest BCUT2D eigenvalue weighted by atomic mass is 16.5. The fourth-order valence-electron chi connectivity index (χ4n) is 2.54. The van der Waals surface area contributed by atoms with E-state index in [4.69, 9.17) is 14.6 Å². The predicted octanol–water partition coefficient (Wildman–Crippen LogP) is 0.618. The monoisotopic (exact) mass is 331 g/mol. The van der Waals surface area contributed by atoms with Gasteiger partial charge >= 0.3 is 5.97 Å². The van der Waals surface area contributed by atoms with Crippen molar-refractivity contribution in [2.45, 2.75) is 18.6 Å². The summed E-state index contributed by atoms with van der Waals surface area (Å²) in [5.74, 6) is -1.44. The molecular formula is C16H17N3O5. The number of nitrogens with one attached hydrogen (secondary N) is 1. The van der Waals surface area contributed by atoms with Gasteiger partial charge in [-0.05, 0) is 18.6 Å². The van der Waals surface area contributed by atoms with Crippen molar-refractivity contribution in [2.75, 3.05) is 19.8 Å². The van der Waals surface area contributed by atoms with Crippen LogP contribution >= 0.6 is 0 Å². The summed E-state index contributed by atoms with van der Waals surface area (Å²) in [6.45, 7) is 0.316. The molecule has 2 aromatic rings. The Morgan fingerprint density at radius 2 is 2.12 bits per heavy atom. The highest BCUT2D eigenvalue weighted by Gasteiger charge is 2.29. The third-order valence-electron chi connectivity index (χ3n) is 3.71. The van der Waals surface area contributed by atoms with Crippen molar-refractivity contribution in [3.05, 3.63) is 36.2 Å². The van der Waals surface area contributed by atoms with Crippen LogP contribution in [0.5, 0.6) is 0 Å². The number of nitrogens with zero attached hydrogens (tertiary/aromatic N) is 2. The number of fused-ring (bicyclic) bond motifs is 1. The van der Waals surface area contributed by atoms with Gasteiger partial charge in [-0.2, -0.15) is 0 Å². The maximum atomic E-state index is 12.4. The number of rotatable bonds is 5. The van der Waals surface area contributed by atoms with Gasteiger partial charge in [-0.25, -0.2) is 9.78 Å². The smallest absolute Gasteiger partial charge is 0.329 e. The fraction of sp³-hybridized carbons (Fsp3) is 0.375. The number of aromatic nitrogens is 2. The summed E-state index contributed by atoms with van der Waals surface area (Å²) in [5.41, 5.74) is 1.53. The second kappa shape index (κ2) is 7.33. The number of carboxylic acids is 1. The summed E-state index contributed by atoms with van der Waals surface area (Å²) in [6.07, 6.45) is 1.52. The van der Waals surface area contributed by atoms with E-state index >= 15 is 0 Å². The number of hydrogen-bond acceptors (Lipinski definition) is 6. The SMILES string of the molecule is O=C(O)CO[C@@H]1CCOC[C@@H]1NC(=O)c1cnc2ccccc2n1. The maximum Gasteiger partial charge on any atom is 0.329 e. The Hall–Kier alpha value is -2.58. The van der Waals surface area contributed by atoms with E-state index in [1.807, 2.05) is 18.2 Å². The van der Waals surface area contributed by atoms with Crippen molar-refractivity contribution >= 4 is 22.9 Å². The molecule has 8 heteroatoms. The number of carboxylic acid groups (broad SMARTS) is 1. The largest absolute Gasteiger partial charge is 0.480 e. The number of ether oxygens (including phenoxy) is 2. The molecule has 2 atom stereocenters. The van der Waals surface area contributed by atoms with E-state index in [1.54, 1.807) is 6.07 Å². The highest BCUT2D eigenvalue weighted by Crippen LogP contribution is 2.13. The molecule has 1 aromatic heterocycles. The number of amides is 1. The number of para-hydroxylation sites is 2. The number of aliphatic carboxylic acids is 1. The van der Waals surface area contributed by atoms with Crippen LogP contribution in [0.15, 0.2) is 30.5 Å². The molecule has 1 amide bonds. The Morgan fingerprint density at radius 1 is 1.33 bits per heavy atom. The molecule has 0 spiro atoms. The summed E-state index contributed by atoms with van der Waals surface area (Å²) >= 11 is 0. The molecule has 1 saturated heterocycles. The molecule has 0 bridgehead atoms. The van der Waals surface area contributed by atoms with Crippen LogP contribution in [-0.4, -0.2) is 58.9 Å². The summed E-state index contributed by atoms with van der Waals surface area (Å²) in [7, 11) is 0. The molecule has 2 heterocycles. The minimum atomic E-state index is -1.05. The van der Waals surface area contributed by atoms with E-state index in [2.05, 4.69) is 15.3 Å². The first-order valence-corrected chi connectivity index (χ1v) is 7.57. The van der Waals surface area contributed by atoms with E-state index in [0.717, 1.165) is 0 Å². The highest BCUT2D eigenvalue weighted by molar-refractivity contribution is 5.94. The minimum Gasteiger partial charge on any atom is -0.480 e. The standard InChI is InChI=1S/C16H17N3O5/c20-15(21)9-24-14-5-6-23-8-13(14)19-16(22)12-7-17-10-3-1-2-4-11(10)18-12/h1-4,7,13-14H,5-6,8-9H2,(H,19,22)(H,20,21)/t13-,14+/m0/s1. The molecule has 1 aliphatic heterocycles. The Morgan fingerprint density at radius 3 is 2.92 bits per heavy atom. The second-order valence-corrected chi connectivity index (χ2v) is 5.43. The van der Waals surface area contributed by atoms with Crippen molar-refractivity contribution in [3.8, 4) is 0 Å². The average Bonchev–Trinajstić information content (AvgIpc) is 2.60. The molecule has 1 aromatic carbocycles. The van der Waals surface area contributed by atoms with Gasteiger partial charge in [0.2, 0.25) is 0 Å². The lowest BCUT2D eigenvalue weighted by Gasteiger charge is -2.31. The van der Waals surface area contributed by atoms with Crippen molar-refractivity contribution in [1.82, 2.24) is 15.3 Å². The molecule has 0 unspecified atom stereocenters. The molecule has 8 nitrogen and oxygen atoms in total. The van der Waals surface area contributed by atoms with E-state index in [9.17, 15) is 9.59 Å². The first-order chi connectivity index (χ1) is 11.6. The van der Waals surface area contributed by atoms with Crippen molar-refractivity contribution in [3.63, 3.8) is 0 Å². The van der Waals surface area contributed by atoms with E-state index in [1.165, 1.54) is 6.20 Å². The molecule has 1 fully saturated rings. The topological polar surface area (TPSA) is 111 Å². The van der Waals surface area contributed by atoms with Crippen LogP contribution in [0.2, 0.25) is 0 Å². The maximum absolute atomic E-state index is 12.4. The summed E-state index contributed by atoms with van der Waals surface area (Å²) in [5, 5.41) is 11.5. The molecular weight excluding hydrogens is 314 g/mol. The molecule has 24 heavy (non-hydrogen) atoms. The Balaban J connectivity index is 1.70. The zero-order chi connectivity index (χ0) is 16.9. The lowest BCUT2D eigenvalue weighted by Crippen LogP contribution is -2.51. The van der Waals surface area contributed by atoms with Crippen LogP contribution in [0.25, 0.3) is 11.0 Å². The lowest BCUT2D eigenvalue weighted by molar-refractivity contribution is -0.147. The van der Waals surface area contributed by atoms with Gasteiger partial charge in [-0.3, -0.25) is 9.78 Å². The average molecular weight is 331 g/mol. The second-order valence-electron chi connectivity index (χ2n) is 5.43. The Bertz CT molecular complexity index is 751. The molecule has 0 aliphatic carbocycles. The van der Waals surface area contributed by atoms with Crippen molar-refractivity contribution < 1.29 is 24.2 Å². The van der Waals surface area contributed by atoms with Crippen molar-refractivity contribution in [2.24, 2.45) is 0 Å². The van der Waals surface area contributed by atoms with E-state index in [0.29, 0.717) is 24.1 Å². The van der Waals surface area contributed by atoms with Crippen LogP contribution in [0.1, 0.15) is 16.9 Å². The number of carbonyl (C=O) groups excluding carboxylic acids is 1. The van der Waals surface area contributed by atoms with Gasteiger partial charge < -0.3 is 19.9 Å². The van der Waals surface area contributed by atoms with Crippen LogP contribution in [0, 0.1) is 0 Å². The zero-order valence-electron chi connectivity index (χ0n) is 12.8. The molecule has 1 aliphatic rings. The van der Waals surface area contributed by atoms with E-state index in [-0.39, 0.29) is 12.3 Å². The Kier molecular flexibility index (Phi) is 4.97. The quantitative estimate of drug-likeness (QED) is 0.826. The van der Waals surface area contributed by atoms with Gasteiger partial charge in [0.1, 0.15) is 12.3 Å². The number of carbonyl (C=O) groups is 2. The van der Waals surface area contributed by atoms with Crippen LogP contribution in [0.4, 0.5) is 0 Å². The van der Waals surface area contributed by atoms with Crippen LogP contribution < -0.4 is 5.32 Å². The normalized spacial score (nSPS) is 20.7. The van der Waals surface area contributed by atoms with Gasteiger partial charge in [0.05, 0.1) is 36.0 Å². The van der Waals surface area contributed by atoms with Gasteiger partial charge in [0, 0.05) is 6.61 Å². The number of benzene rings is 1. The van der Waals surface area contributed by atoms with Gasteiger partial charge in [0.15, 0.2) is 0 Å². The first-order valence-electron chi connectivity index (χ1n) is 7.57. The van der Waals surface area contributed by atoms with Gasteiger partial charge in [-0.15, -0.1) is 0 Å². The third-order valence-corrected chi connectivity index (χ3v) is 3.71. The first kappa shape index (κ1) is 16.3. The van der Waals surface area contributed by atoms with E-state index < -0.39 is 30.6 Å². The molecule has 0 radical (unpaired) electrons. The molecule has 126 valence electrons. The van der Waals surface area contributed by atoms with Crippen LogP contribution in [-0.2, 0) is 14.3 Å². The zero-order valence-corrected chi connectivity index (χ0v) is 12.8. The summed E-state index contributed by atoms with van der Waals surface area (Å²) in [6, 6.07) is 6.83. The van der Waals surface area contributed by atoms with Crippen LogP contribution in [0.3, 0.4) is 0 Å². The summed E-state index contributed by atoms with van der Waals surface area (Å²) in [4.78, 5) is 31.6. The van der Waals surface area contributed by atoms with Crippen molar-refractivity contribution in [1.29, 1.82) is 0 Å². The lowest BCUT2D eigenvalue weighted by atomic mass is 10.1. The molecule has 3 rings (SSSR count). The number of hydrogen-bond donors (Lipinski definition) is 2. The summed E-state index contributed by atoms with van der Waals surface area (Å²) < 4.78 is 10.7. The fourth-order valence-corrected chi connectivity index (χ4v) is 2.54. The Labute approximate surface area is 137 Å².